The fraction of sp³-hybridized carbons (Fsp3) is 0.238. The average molecular weight is 441 g/mol. The van der Waals surface area contributed by atoms with Crippen molar-refractivity contribution in [3.05, 3.63) is 76.1 Å². The van der Waals surface area contributed by atoms with Crippen molar-refractivity contribution in [2.24, 2.45) is 5.92 Å². The van der Waals surface area contributed by atoms with E-state index in [2.05, 4.69) is 20.8 Å². The Morgan fingerprint density at radius 3 is 2.43 bits per heavy atom. The molecule has 0 N–H and O–H groups in total. The quantitative estimate of drug-likeness (QED) is 0.403. The lowest BCUT2D eigenvalue weighted by molar-refractivity contribution is -0.152. The predicted molar refractivity (Wildman–Crippen MR) is 106 cm³/mol. The Morgan fingerprint density at radius 2 is 1.86 bits per heavy atom. The number of imide groups is 1. The highest BCUT2D eigenvalue weighted by molar-refractivity contribution is 9.10. The minimum absolute atomic E-state index is 0.0637. The van der Waals surface area contributed by atoms with Gasteiger partial charge in [-0.1, -0.05) is 46.3 Å². The molecule has 2 aromatic rings. The minimum atomic E-state index is -1.91. The second-order valence-corrected chi connectivity index (χ2v) is 7.18. The van der Waals surface area contributed by atoms with Gasteiger partial charge in [0.05, 0.1) is 12.3 Å². The van der Waals surface area contributed by atoms with Crippen LogP contribution in [0, 0.1) is 12.5 Å². The lowest BCUT2D eigenvalue weighted by atomic mass is 9.77. The predicted octanol–water partition coefficient (Wildman–Crippen LogP) is 3.71. The highest BCUT2D eigenvalue weighted by atomic mass is 79.9. The van der Waals surface area contributed by atoms with Crippen LogP contribution in [0.4, 0.5) is 5.69 Å². The van der Waals surface area contributed by atoms with Gasteiger partial charge in [-0.15, -0.1) is 0 Å². The Balaban J connectivity index is 2.10. The maximum absolute atomic E-state index is 13.2. The first-order valence-corrected chi connectivity index (χ1v) is 9.48. The molecule has 1 heterocycles. The zero-order valence-electron chi connectivity index (χ0n) is 15.1. The van der Waals surface area contributed by atoms with E-state index in [9.17, 15) is 14.4 Å². The summed E-state index contributed by atoms with van der Waals surface area (Å²) in [5.41, 5.74) is -1.17. The number of hydrogen-bond acceptors (Lipinski definition) is 4. The van der Waals surface area contributed by atoms with E-state index in [1.807, 2.05) is 0 Å². The number of carbonyl (C=O) groups is 3. The van der Waals surface area contributed by atoms with Gasteiger partial charge in [-0.3, -0.25) is 19.3 Å². The molecule has 2 aromatic carbocycles. The number of ether oxygens (including phenoxy) is 1. The van der Waals surface area contributed by atoms with Crippen LogP contribution in [0.15, 0.2) is 59.1 Å². The number of esters is 1. The molecule has 0 radical (unpaired) electrons. The third-order valence-corrected chi connectivity index (χ3v) is 5.24. The number of carbonyl (C=O) groups excluding carboxylic acids is 3. The maximum atomic E-state index is 13.2. The van der Waals surface area contributed by atoms with Gasteiger partial charge in [0.25, 0.3) is 0 Å². The van der Waals surface area contributed by atoms with E-state index >= 15 is 0 Å². The van der Waals surface area contributed by atoms with Gasteiger partial charge < -0.3 is 4.74 Å². The van der Waals surface area contributed by atoms with Crippen LogP contribution < -0.4 is 4.90 Å². The Hall–Kier alpha value is -2.98. The van der Waals surface area contributed by atoms with Gasteiger partial charge in [-0.25, -0.2) is 11.4 Å². The van der Waals surface area contributed by atoms with Crippen LogP contribution >= 0.6 is 15.9 Å². The van der Waals surface area contributed by atoms with Crippen molar-refractivity contribution in [3.63, 3.8) is 0 Å². The van der Waals surface area contributed by atoms with Crippen LogP contribution in [0.5, 0.6) is 0 Å². The van der Waals surface area contributed by atoms with Gasteiger partial charge in [0.2, 0.25) is 11.8 Å². The number of amides is 2. The van der Waals surface area contributed by atoms with E-state index in [0.29, 0.717) is 11.3 Å². The van der Waals surface area contributed by atoms with Crippen molar-refractivity contribution in [3.8, 4) is 0 Å². The average Bonchev–Trinajstić information content (AvgIpc) is 2.99. The van der Waals surface area contributed by atoms with Gasteiger partial charge in [-0.05, 0) is 31.2 Å². The molecule has 142 valence electrons. The van der Waals surface area contributed by atoms with Crippen molar-refractivity contribution in [1.29, 1.82) is 0 Å². The molecule has 0 saturated carbocycles. The van der Waals surface area contributed by atoms with E-state index in [4.69, 9.17) is 11.3 Å². The van der Waals surface area contributed by atoms with Crippen molar-refractivity contribution in [2.75, 3.05) is 11.5 Å². The van der Waals surface area contributed by atoms with Gasteiger partial charge >= 0.3 is 11.5 Å². The van der Waals surface area contributed by atoms with Crippen LogP contribution in [0.1, 0.15) is 18.9 Å². The van der Waals surface area contributed by atoms with Gasteiger partial charge in [0.15, 0.2) is 0 Å². The first-order chi connectivity index (χ1) is 13.5. The number of rotatable bonds is 5. The first-order valence-electron chi connectivity index (χ1n) is 8.69. The topological polar surface area (TPSA) is 68.0 Å². The largest absolute Gasteiger partial charge is 0.460 e. The summed E-state index contributed by atoms with van der Waals surface area (Å²) >= 11 is 3.32. The summed E-state index contributed by atoms with van der Waals surface area (Å²) in [5.74, 6) is -3.02. The summed E-state index contributed by atoms with van der Waals surface area (Å²) in [4.78, 5) is 43.5. The third kappa shape index (κ3) is 3.20. The molecule has 0 unspecified atom stereocenters. The third-order valence-electron chi connectivity index (χ3n) is 4.71. The lowest BCUT2D eigenvalue weighted by Crippen LogP contribution is -2.45. The van der Waals surface area contributed by atoms with Gasteiger partial charge in [-0.2, -0.15) is 0 Å². The van der Waals surface area contributed by atoms with Crippen LogP contribution in [0.25, 0.3) is 4.85 Å². The molecule has 7 heteroatoms. The number of hydrogen-bond donors (Lipinski definition) is 0. The zero-order valence-corrected chi connectivity index (χ0v) is 16.7. The molecule has 0 bridgehead atoms. The second kappa shape index (κ2) is 7.95. The molecule has 6 nitrogen and oxygen atoms in total. The molecule has 1 aliphatic heterocycles. The Kier molecular flexibility index (Phi) is 5.61. The van der Waals surface area contributed by atoms with Crippen molar-refractivity contribution >= 4 is 39.4 Å². The molecule has 28 heavy (non-hydrogen) atoms. The standard InChI is InChI=1S/C21H17BrN2O4/c1-3-28-20(27)21(23-2,14-7-5-4-6-8-14)17-13-18(25)24(19(17)26)16-11-9-15(22)10-12-16/h4-12,17H,3,13H2,1H3/t17-,21-/m0/s1. The Labute approximate surface area is 171 Å². The summed E-state index contributed by atoms with van der Waals surface area (Å²) in [7, 11) is 0. The number of benzene rings is 2. The number of nitrogens with zero attached hydrogens (tertiary/aromatic N) is 2. The SMILES string of the molecule is [C-]#[N+][C@@](C(=O)OCC)(c1ccccc1)[C@H]1CC(=O)N(c2ccc(Br)cc2)C1=O. The van der Waals surface area contributed by atoms with Crippen LogP contribution in [0.2, 0.25) is 0 Å². The van der Waals surface area contributed by atoms with Crippen molar-refractivity contribution in [2.45, 2.75) is 18.9 Å². The number of halogens is 1. The van der Waals surface area contributed by atoms with Crippen LogP contribution in [-0.4, -0.2) is 24.4 Å². The minimum Gasteiger partial charge on any atom is -0.460 e. The monoisotopic (exact) mass is 440 g/mol. The molecule has 0 spiro atoms. The van der Waals surface area contributed by atoms with E-state index in [1.54, 1.807) is 61.5 Å². The summed E-state index contributed by atoms with van der Waals surface area (Å²) < 4.78 is 5.97. The van der Waals surface area contributed by atoms with E-state index < -0.39 is 29.2 Å². The Morgan fingerprint density at radius 1 is 1.21 bits per heavy atom. The first kappa shape index (κ1) is 19.8. The fourth-order valence-corrected chi connectivity index (χ4v) is 3.67. The molecule has 0 aromatic heterocycles. The summed E-state index contributed by atoms with van der Waals surface area (Å²) in [5, 5.41) is 0. The van der Waals surface area contributed by atoms with Crippen molar-refractivity contribution in [1.82, 2.24) is 0 Å². The molecule has 1 aliphatic rings. The molecular weight excluding hydrogens is 424 g/mol. The smallest absolute Gasteiger partial charge is 0.399 e. The summed E-state index contributed by atoms with van der Waals surface area (Å²) in [6, 6.07) is 15.0. The maximum Gasteiger partial charge on any atom is 0.399 e. The molecule has 1 fully saturated rings. The number of anilines is 1. The normalized spacial score (nSPS) is 18.5. The van der Waals surface area contributed by atoms with Crippen molar-refractivity contribution < 1.29 is 19.1 Å². The van der Waals surface area contributed by atoms with Gasteiger partial charge in [0, 0.05) is 16.5 Å². The van der Waals surface area contributed by atoms with E-state index in [0.717, 1.165) is 9.37 Å². The summed E-state index contributed by atoms with van der Waals surface area (Å²) in [6.45, 7) is 9.51. The Bertz CT molecular complexity index is 953. The highest BCUT2D eigenvalue weighted by Crippen LogP contribution is 2.43. The molecule has 2 atom stereocenters. The highest BCUT2D eigenvalue weighted by Gasteiger charge is 2.63. The zero-order chi connectivity index (χ0) is 20.3. The molecular formula is C21H17BrN2O4. The molecule has 1 saturated heterocycles. The molecule has 2 amide bonds. The van der Waals surface area contributed by atoms with E-state index in [-0.39, 0.29) is 13.0 Å². The summed E-state index contributed by atoms with van der Waals surface area (Å²) in [6.07, 6.45) is -0.245. The lowest BCUT2D eigenvalue weighted by Gasteiger charge is -2.25. The fourth-order valence-electron chi connectivity index (χ4n) is 3.40. The van der Waals surface area contributed by atoms with E-state index in [1.165, 1.54) is 0 Å². The molecule has 3 rings (SSSR count). The second-order valence-electron chi connectivity index (χ2n) is 6.27. The van der Waals surface area contributed by atoms with Gasteiger partial charge in [0.1, 0.15) is 5.92 Å². The van der Waals surface area contributed by atoms with Crippen LogP contribution in [0.3, 0.4) is 0 Å². The van der Waals surface area contributed by atoms with Crippen LogP contribution in [-0.2, 0) is 24.7 Å². The molecule has 0 aliphatic carbocycles.